The van der Waals surface area contributed by atoms with E-state index in [1.54, 1.807) is 7.11 Å². The molecular formula is C14H24F3NO. The van der Waals surface area contributed by atoms with Crippen LogP contribution in [0.15, 0.2) is 0 Å². The summed E-state index contributed by atoms with van der Waals surface area (Å²) in [7, 11) is 1.71. The van der Waals surface area contributed by atoms with Gasteiger partial charge in [-0.3, -0.25) is 0 Å². The molecule has 2 unspecified atom stereocenters. The summed E-state index contributed by atoms with van der Waals surface area (Å²) in [6.07, 6.45) is 2.58. The van der Waals surface area contributed by atoms with E-state index in [2.05, 4.69) is 5.32 Å². The Morgan fingerprint density at radius 1 is 0.947 bits per heavy atom. The molecule has 0 bridgehead atoms. The quantitative estimate of drug-likeness (QED) is 0.851. The number of nitrogens with one attached hydrogen (secondary N) is 1. The van der Waals surface area contributed by atoms with Crippen molar-refractivity contribution in [3.05, 3.63) is 0 Å². The highest BCUT2D eigenvalue weighted by atomic mass is 19.4. The summed E-state index contributed by atoms with van der Waals surface area (Å²) in [5.41, 5.74) is 0. The Morgan fingerprint density at radius 2 is 1.58 bits per heavy atom. The highest BCUT2D eigenvalue weighted by Crippen LogP contribution is 2.38. The summed E-state index contributed by atoms with van der Waals surface area (Å²) in [5, 5.41) is 3.28. The number of halogens is 3. The molecular weight excluding hydrogens is 255 g/mol. The highest BCUT2D eigenvalue weighted by molar-refractivity contribution is 4.89. The number of hydrogen-bond donors (Lipinski definition) is 1. The second-order valence-electron chi connectivity index (χ2n) is 5.92. The van der Waals surface area contributed by atoms with Gasteiger partial charge in [0.25, 0.3) is 0 Å². The van der Waals surface area contributed by atoms with E-state index in [-0.39, 0.29) is 18.5 Å². The van der Waals surface area contributed by atoms with Crippen LogP contribution in [-0.2, 0) is 4.74 Å². The van der Waals surface area contributed by atoms with Gasteiger partial charge in [0.15, 0.2) is 0 Å². The minimum absolute atomic E-state index is 0.236. The van der Waals surface area contributed by atoms with Gasteiger partial charge in [-0.1, -0.05) is 12.8 Å². The molecule has 0 radical (unpaired) electrons. The average Bonchev–Trinajstić information content (AvgIpc) is 2.39. The molecule has 19 heavy (non-hydrogen) atoms. The van der Waals surface area contributed by atoms with Gasteiger partial charge in [0.1, 0.15) is 0 Å². The van der Waals surface area contributed by atoms with Crippen molar-refractivity contribution in [2.45, 2.75) is 75.7 Å². The van der Waals surface area contributed by atoms with Crippen molar-refractivity contribution in [1.82, 2.24) is 5.32 Å². The fourth-order valence-electron chi connectivity index (χ4n) is 3.49. The first kappa shape index (κ1) is 15.1. The van der Waals surface area contributed by atoms with Crippen LogP contribution in [0.5, 0.6) is 0 Å². The van der Waals surface area contributed by atoms with Crippen molar-refractivity contribution < 1.29 is 17.9 Å². The summed E-state index contributed by atoms with van der Waals surface area (Å²) < 4.78 is 44.3. The molecule has 2 atom stereocenters. The van der Waals surface area contributed by atoms with Crippen molar-refractivity contribution in [1.29, 1.82) is 0 Å². The molecule has 0 aromatic rings. The number of hydrogen-bond acceptors (Lipinski definition) is 2. The van der Waals surface area contributed by atoms with E-state index in [1.807, 2.05) is 0 Å². The van der Waals surface area contributed by atoms with Crippen LogP contribution >= 0.6 is 0 Å². The lowest BCUT2D eigenvalue weighted by molar-refractivity contribution is -0.189. The molecule has 2 saturated carbocycles. The molecule has 2 fully saturated rings. The molecule has 2 aliphatic rings. The smallest absolute Gasteiger partial charge is 0.381 e. The largest absolute Gasteiger partial charge is 0.393 e. The van der Waals surface area contributed by atoms with E-state index >= 15 is 0 Å². The Bertz CT molecular complexity index is 274. The van der Waals surface area contributed by atoms with Gasteiger partial charge in [-0.05, 0) is 38.5 Å². The Morgan fingerprint density at radius 3 is 2.16 bits per heavy atom. The van der Waals surface area contributed by atoms with Gasteiger partial charge in [-0.25, -0.2) is 0 Å². The lowest BCUT2D eigenvalue weighted by atomic mass is 9.82. The van der Waals surface area contributed by atoms with E-state index in [9.17, 15) is 13.2 Å². The summed E-state index contributed by atoms with van der Waals surface area (Å²) >= 11 is 0. The van der Waals surface area contributed by atoms with Crippen LogP contribution in [0.25, 0.3) is 0 Å². The second kappa shape index (κ2) is 6.44. The molecule has 2 aliphatic carbocycles. The van der Waals surface area contributed by atoms with Crippen molar-refractivity contribution >= 4 is 0 Å². The summed E-state index contributed by atoms with van der Waals surface area (Å²) in [6, 6.07) is -0.141. The van der Waals surface area contributed by atoms with E-state index in [4.69, 9.17) is 4.74 Å². The fourth-order valence-corrected chi connectivity index (χ4v) is 3.49. The number of rotatable bonds is 3. The van der Waals surface area contributed by atoms with Gasteiger partial charge in [-0.2, -0.15) is 13.2 Å². The molecule has 112 valence electrons. The lowest BCUT2D eigenvalue weighted by Gasteiger charge is -2.38. The Kier molecular flexibility index (Phi) is 5.12. The van der Waals surface area contributed by atoms with Crippen molar-refractivity contribution in [3.63, 3.8) is 0 Å². The van der Waals surface area contributed by atoms with Gasteiger partial charge in [-0.15, -0.1) is 0 Å². The molecule has 0 aromatic carbocycles. The van der Waals surface area contributed by atoms with Crippen molar-refractivity contribution in [3.8, 4) is 0 Å². The third-order valence-electron chi connectivity index (χ3n) is 4.64. The van der Waals surface area contributed by atoms with E-state index in [0.717, 1.165) is 32.1 Å². The number of methoxy groups -OCH3 is 1. The molecule has 2 nitrogen and oxygen atoms in total. The minimum Gasteiger partial charge on any atom is -0.381 e. The molecule has 1 N–H and O–H groups in total. The number of ether oxygens (including phenoxy) is 1. The predicted molar refractivity (Wildman–Crippen MR) is 68.0 cm³/mol. The van der Waals surface area contributed by atoms with Crippen molar-refractivity contribution in [2.24, 2.45) is 5.92 Å². The van der Waals surface area contributed by atoms with Crippen LogP contribution in [0.4, 0.5) is 13.2 Å². The standard InChI is InChI=1S/C14H24F3NO/c1-19-11-8-6-10(7-9-11)18-13-5-3-2-4-12(13)14(15,16)17/h10-13,18H,2-9H2,1H3. The third-order valence-corrected chi connectivity index (χ3v) is 4.64. The zero-order valence-electron chi connectivity index (χ0n) is 11.5. The third kappa shape index (κ3) is 4.09. The maximum atomic E-state index is 13.0. The maximum Gasteiger partial charge on any atom is 0.393 e. The summed E-state index contributed by atoms with van der Waals surface area (Å²) in [6.45, 7) is 0. The molecule has 0 spiro atoms. The van der Waals surface area contributed by atoms with Crippen LogP contribution in [0.1, 0.15) is 51.4 Å². The first-order valence-corrected chi connectivity index (χ1v) is 7.36. The summed E-state index contributed by atoms with van der Waals surface area (Å²) in [4.78, 5) is 0. The van der Waals surface area contributed by atoms with Gasteiger partial charge >= 0.3 is 6.18 Å². The van der Waals surface area contributed by atoms with Gasteiger partial charge < -0.3 is 10.1 Å². The van der Waals surface area contributed by atoms with E-state index in [1.165, 1.54) is 0 Å². The lowest BCUT2D eigenvalue weighted by Crippen LogP contribution is -2.50. The SMILES string of the molecule is COC1CCC(NC2CCCCC2C(F)(F)F)CC1. The Hall–Kier alpha value is -0.290. The molecule has 0 aliphatic heterocycles. The average molecular weight is 279 g/mol. The van der Waals surface area contributed by atoms with Gasteiger partial charge in [0, 0.05) is 19.2 Å². The van der Waals surface area contributed by atoms with Crippen LogP contribution in [-0.4, -0.2) is 31.5 Å². The molecule has 0 aromatic heterocycles. The topological polar surface area (TPSA) is 21.3 Å². The molecule has 0 amide bonds. The Labute approximate surface area is 113 Å². The molecule has 0 heterocycles. The Balaban J connectivity index is 1.86. The first-order chi connectivity index (χ1) is 9.00. The van der Waals surface area contributed by atoms with Gasteiger partial charge in [0.2, 0.25) is 0 Å². The molecule has 0 saturated heterocycles. The number of alkyl halides is 3. The second-order valence-corrected chi connectivity index (χ2v) is 5.92. The first-order valence-electron chi connectivity index (χ1n) is 7.36. The zero-order chi connectivity index (χ0) is 13.9. The van der Waals surface area contributed by atoms with Crippen molar-refractivity contribution in [2.75, 3.05) is 7.11 Å². The monoisotopic (exact) mass is 279 g/mol. The predicted octanol–water partition coefficient (Wildman–Crippen LogP) is 3.65. The van der Waals surface area contributed by atoms with E-state index < -0.39 is 12.1 Å². The minimum atomic E-state index is -4.05. The normalized spacial score (nSPS) is 37.3. The maximum absolute atomic E-state index is 13.0. The van der Waals surface area contributed by atoms with E-state index in [0.29, 0.717) is 18.9 Å². The highest BCUT2D eigenvalue weighted by Gasteiger charge is 2.45. The molecule has 2 rings (SSSR count). The van der Waals surface area contributed by atoms with Crippen LogP contribution < -0.4 is 5.32 Å². The molecule has 5 heteroatoms. The van der Waals surface area contributed by atoms with Crippen LogP contribution in [0.2, 0.25) is 0 Å². The summed E-state index contributed by atoms with van der Waals surface area (Å²) in [5.74, 6) is -1.15. The van der Waals surface area contributed by atoms with Crippen LogP contribution in [0.3, 0.4) is 0 Å². The fraction of sp³-hybridized carbons (Fsp3) is 1.00. The zero-order valence-corrected chi connectivity index (χ0v) is 11.5. The van der Waals surface area contributed by atoms with Crippen LogP contribution in [0, 0.1) is 5.92 Å². The van der Waals surface area contributed by atoms with Gasteiger partial charge in [0.05, 0.1) is 12.0 Å².